The first-order valence-electron chi connectivity index (χ1n) is 4.80. The van der Waals surface area contributed by atoms with Gasteiger partial charge < -0.3 is 5.11 Å². The monoisotopic (exact) mass is 242 g/mol. The van der Waals surface area contributed by atoms with Gasteiger partial charge in [0.05, 0.1) is 5.69 Å². The Kier molecular flexibility index (Phi) is 2.57. The molecule has 2 aromatic rings. The first kappa shape index (κ1) is 11.5. The fourth-order valence-corrected chi connectivity index (χ4v) is 1.49. The highest BCUT2D eigenvalue weighted by Crippen LogP contribution is 2.33. The van der Waals surface area contributed by atoms with E-state index in [4.69, 9.17) is 0 Å². The lowest BCUT2D eigenvalue weighted by Crippen LogP contribution is -1.96. The van der Waals surface area contributed by atoms with Gasteiger partial charge in [0.25, 0.3) is 0 Å². The quantitative estimate of drug-likeness (QED) is 0.780. The van der Waals surface area contributed by atoms with E-state index in [-0.39, 0.29) is 17.0 Å². The molecular formula is C11H9F3N2O. The smallest absolute Gasteiger partial charge is 0.195 e. The lowest BCUT2D eigenvalue weighted by atomic mass is 10.1. The van der Waals surface area contributed by atoms with Gasteiger partial charge in [-0.15, -0.1) is 0 Å². The maximum absolute atomic E-state index is 13.5. The van der Waals surface area contributed by atoms with Crippen molar-refractivity contribution in [3.05, 3.63) is 35.3 Å². The van der Waals surface area contributed by atoms with E-state index in [2.05, 4.69) is 5.10 Å². The summed E-state index contributed by atoms with van der Waals surface area (Å²) in [5, 5.41) is 13.5. The van der Waals surface area contributed by atoms with Gasteiger partial charge in [-0.2, -0.15) is 5.10 Å². The van der Waals surface area contributed by atoms with Gasteiger partial charge in [0.2, 0.25) is 0 Å². The molecule has 0 aliphatic heterocycles. The largest absolute Gasteiger partial charge is 0.504 e. The number of nitrogens with zero attached hydrogens (tertiary/aromatic N) is 2. The number of benzene rings is 1. The van der Waals surface area contributed by atoms with Crippen LogP contribution in [-0.2, 0) is 7.05 Å². The van der Waals surface area contributed by atoms with Gasteiger partial charge in [0.15, 0.2) is 23.2 Å². The molecular weight excluding hydrogens is 233 g/mol. The number of aromatic hydroxyl groups is 1. The number of rotatable bonds is 1. The Morgan fingerprint density at radius 2 is 1.82 bits per heavy atom. The first-order valence-corrected chi connectivity index (χ1v) is 4.80. The fourth-order valence-electron chi connectivity index (χ4n) is 1.49. The van der Waals surface area contributed by atoms with Crippen molar-refractivity contribution in [3.8, 4) is 17.0 Å². The summed E-state index contributed by atoms with van der Waals surface area (Å²) in [5.41, 5.74) is 0.0237. The number of aromatic nitrogens is 2. The van der Waals surface area contributed by atoms with Crippen LogP contribution in [0.1, 0.15) is 5.69 Å². The van der Waals surface area contributed by atoms with Crippen molar-refractivity contribution < 1.29 is 18.3 Å². The Morgan fingerprint density at radius 1 is 1.18 bits per heavy atom. The Morgan fingerprint density at radius 3 is 2.35 bits per heavy atom. The van der Waals surface area contributed by atoms with E-state index in [1.165, 1.54) is 4.68 Å². The first-order chi connectivity index (χ1) is 7.93. The summed E-state index contributed by atoms with van der Waals surface area (Å²) >= 11 is 0. The second-order valence-corrected chi connectivity index (χ2v) is 3.63. The van der Waals surface area contributed by atoms with Gasteiger partial charge >= 0.3 is 0 Å². The van der Waals surface area contributed by atoms with Gasteiger partial charge in [-0.05, 0) is 19.1 Å². The molecule has 1 heterocycles. The van der Waals surface area contributed by atoms with Crippen molar-refractivity contribution >= 4 is 0 Å². The van der Waals surface area contributed by atoms with Gasteiger partial charge in [-0.1, -0.05) is 0 Å². The highest BCUT2D eigenvalue weighted by Gasteiger charge is 2.21. The lowest BCUT2D eigenvalue weighted by molar-refractivity contribution is 0.447. The zero-order valence-corrected chi connectivity index (χ0v) is 9.13. The van der Waals surface area contributed by atoms with Crippen molar-refractivity contribution in [2.24, 2.45) is 7.05 Å². The van der Waals surface area contributed by atoms with Crippen molar-refractivity contribution in [3.63, 3.8) is 0 Å². The summed E-state index contributed by atoms with van der Waals surface area (Å²) in [6.07, 6.45) is 0. The zero-order chi connectivity index (χ0) is 12.7. The SMILES string of the molecule is Cc1c(O)c(-c2ccc(F)c(F)c2F)nn1C. The lowest BCUT2D eigenvalue weighted by Gasteiger charge is -2.02. The van der Waals surface area contributed by atoms with E-state index in [1.54, 1.807) is 14.0 Å². The van der Waals surface area contributed by atoms with Crippen molar-refractivity contribution in [2.75, 3.05) is 0 Å². The molecule has 1 N–H and O–H groups in total. The normalized spacial score (nSPS) is 10.9. The third-order valence-corrected chi connectivity index (χ3v) is 2.59. The Bertz CT molecular complexity index is 593. The maximum Gasteiger partial charge on any atom is 0.195 e. The van der Waals surface area contributed by atoms with E-state index in [1.807, 2.05) is 0 Å². The summed E-state index contributed by atoms with van der Waals surface area (Å²) in [6, 6.07) is 1.83. The molecule has 0 saturated heterocycles. The number of hydrogen-bond donors (Lipinski definition) is 1. The van der Waals surface area contributed by atoms with E-state index in [0.717, 1.165) is 12.1 Å². The summed E-state index contributed by atoms with van der Waals surface area (Å²) in [6.45, 7) is 1.57. The molecule has 17 heavy (non-hydrogen) atoms. The molecule has 6 heteroatoms. The van der Waals surface area contributed by atoms with Crippen molar-refractivity contribution in [1.82, 2.24) is 9.78 Å². The molecule has 1 aromatic carbocycles. The Labute approximate surface area is 95.1 Å². The molecule has 0 bridgehead atoms. The van der Waals surface area contributed by atoms with Gasteiger partial charge in [0.1, 0.15) is 5.69 Å². The average Bonchev–Trinajstić information content (AvgIpc) is 2.54. The third-order valence-electron chi connectivity index (χ3n) is 2.59. The second kappa shape index (κ2) is 3.80. The number of hydrogen-bond acceptors (Lipinski definition) is 2. The Balaban J connectivity index is 2.69. The van der Waals surface area contributed by atoms with E-state index in [0.29, 0.717) is 5.69 Å². The summed E-state index contributed by atoms with van der Waals surface area (Å²) in [5.74, 6) is -4.47. The minimum Gasteiger partial charge on any atom is -0.504 e. The van der Waals surface area contributed by atoms with Crippen LogP contribution in [0.25, 0.3) is 11.3 Å². The van der Waals surface area contributed by atoms with E-state index >= 15 is 0 Å². The average molecular weight is 242 g/mol. The summed E-state index contributed by atoms with van der Waals surface area (Å²) < 4.78 is 40.6. The van der Waals surface area contributed by atoms with Crippen molar-refractivity contribution in [1.29, 1.82) is 0 Å². The summed E-state index contributed by atoms with van der Waals surface area (Å²) in [4.78, 5) is 0. The molecule has 2 rings (SSSR count). The molecule has 0 amide bonds. The molecule has 0 fully saturated rings. The van der Waals surface area contributed by atoms with Crippen LogP contribution in [-0.4, -0.2) is 14.9 Å². The molecule has 0 aliphatic carbocycles. The number of aryl methyl sites for hydroxylation is 1. The van der Waals surface area contributed by atoms with Crippen LogP contribution in [0, 0.1) is 24.4 Å². The molecule has 0 spiro atoms. The fraction of sp³-hybridized carbons (Fsp3) is 0.182. The predicted molar refractivity (Wildman–Crippen MR) is 54.9 cm³/mol. The highest BCUT2D eigenvalue weighted by molar-refractivity contribution is 5.67. The standard InChI is InChI=1S/C11H9F3N2O/c1-5-11(17)10(15-16(5)2)6-3-4-7(12)9(14)8(6)13/h3-4,17H,1-2H3. The maximum atomic E-state index is 13.5. The third kappa shape index (κ3) is 1.65. The zero-order valence-electron chi connectivity index (χ0n) is 9.13. The van der Waals surface area contributed by atoms with Crippen LogP contribution >= 0.6 is 0 Å². The molecule has 0 unspecified atom stereocenters. The Hall–Kier alpha value is -1.98. The van der Waals surface area contributed by atoms with Crippen LogP contribution in [0.4, 0.5) is 13.2 Å². The van der Waals surface area contributed by atoms with Crippen LogP contribution in [0.15, 0.2) is 12.1 Å². The van der Waals surface area contributed by atoms with Gasteiger partial charge in [0, 0.05) is 12.6 Å². The van der Waals surface area contributed by atoms with Crippen LogP contribution in [0.3, 0.4) is 0 Å². The topological polar surface area (TPSA) is 38.1 Å². The molecule has 0 aliphatic rings. The summed E-state index contributed by atoms with van der Waals surface area (Å²) in [7, 11) is 1.55. The van der Waals surface area contributed by atoms with Crippen LogP contribution < -0.4 is 0 Å². The molecule has 0 radical (unpaired) electrons. The second-order valence-electron chi connectivity index (χ2n) is 3.63. The predicted octanol–water partition coefficient (Wildman–Crippen LogP) is 2.52. The molecule has 90 valence electrons. The van der Waals surface area contributed by atoms with E-state index < -0.39 is 17.5 Å². The minimum absolute atomic E-state index is 0.110. The van der Waals surface area contributed by atoms with Crippen LogP contribution in [0.2, 0.25) is 0 Å². The molecule has 1 aromatic heterocycles. The van der Waals surface area contributed by atoms with Crippen molar-refractivity contribution in [2.45, 2.75) is 6.92 Å². The van der Waals surface area contributed by atoms with Crippen LogP contribution in [0.5, 0.6) is 5.75 Å². The van der Waals surface area contributed by atoms with Gasteiger partial charge in [-0.25, -0.2) is 13.2 Å². The van der Waals surface area contributed by atoms with E-state index in [9.17, 15) is 18.3 Å². The minimum atomic E-state index is -1.58. The molecule has 3 nitrogen and oxygen atoms in total. The van der Waals surface area contributed by atoms with Gasteiger partial charge in [-0.3, -0.25) is 4.68 Å². The molecule has 0 atom stereocenters. The number of halogens is 3. The highest BCUT2D eigenvalue weighted by atomic mass is 19.2. The molecule has 0 saturated carbocycles.